The van der Waals surface area contributed by atoms with E-state index in [2.05, 4.69) is 31.9 Å². The summed E-state index contributed by atoms with van der Waals surface area (Å²) in [6, 6.07) is 9.23. The zero-order valence-electron chi connectivity index (χ0n) is 9.77. The number of hydrogen-bond donors (Lipinski definition) is 1. The van der Waals surface area contributed by atoms with Gasteiger partial charge in [-0.15, -0.1) is 11.3 Å². The predicted octanol–water partition coefficient (Wildman–Crippen LogP) is 3.82. The van der Waals surface area contributed by atoms with Crippen LogP contribution in [0, 0.1) is 0 Å². The van der Waals surface area contributed by atoms with E-state index in [9.17, 15) is 4.79 Å². The number of carbonyl (C=O) groups excluding carboxylic acids is 1. The van der Waals surface area contributed by atoms with Gasteiger partial charge in [-0.05, 0) is 40.2 Å². The van der Waals surface area contributed by atoms with Crippen LogP contribution in [0.3, 0.4) is 0 Å². The average Bonchev–Trinajstić information content (AvgIpc) is 2.88. The first kappa shape index (κ1) is 13.3. The second kappa shape index (κ2) is 5.01. The molecule has 2 N–H and O–H groups in total. The Balaban J connectivity index is 1.98. The van der Waals surface area contributed by atoms with Crippen molar-refractivity contribution in [3.63, 3.8) is 0 Å². The lowest BCUT2D eigenvalue weighted by Crippen LogP contribution is -2.30. The number of nitrogens with two attached hydrogens (primary N) is 1. The van der Waals surface area contributed by atoms with E-state index in [0.29, 0.717) is 6.54 Å². The molecule has 0 spiro atoms. The first-order chi connectivity index (χ1) is 9.06. The molecule has 1 atom stereocenters. The number of benzene rings is 1. The number of hydrogen-bond acceptors (Lipinski definition) is 3. The van der Waals surface area contributed by atoms with Crippen LogP contribution in [0.4, 0.5) is 5.69 Å². The zero-order chi connectivity index (χ0) is 13.6. The molecule has 2 heterocycles. The highest BCUT2D eigenvalue weighted by Gasteiger charge is 2.34. The number of thiophene rings is 1. The molecular formula is C13H10Br2N2OS. The zero-order valence-corrected chi connectivity index (χ0v) is 13.8. The van der Waals surface area contributed by atoms with Gasteiger partial charge in [0.1, 0.15) is 6.04 Å². The van der Waals surface area contributed by atoms with Crippen molar-refractivity contribution in [1.29, 1.82) is 0 Å². The molecule has 1 unspecified atom stereocenters. The first-order valence-electron chi connectivity index (χ1n) is 5.67. The number of fused-ring (bicyclic) bond motifs is 1. The van der Waals surface area contributed by atoms with Gasteiger partial charge in [0.05, 0.1) is 16.0 Å². The maximum atomic E-state index is 12.3. The molecule has 2 aromatic rings. The third-order valence-electron chi connectivity index (χ3n) is 3.09. The van der Waals surface area contributed by atoms with Crippen LogP contribution in [0.15, 0.2) is 38.6 Å². The number of carbonyl (C=O) groups is 1. The molecule has 0 radical (unpaired) electrons. The van der Waals surface area contributed by atoms with Crippen molar-refractivity contribution in [1.82, 2.24) is 0 Å². The van der Waals surface area contributed by atoms with Gasteiger partial charge in [-0.25, -0.2) is 0 Å². The number of halogens is 2. The summed E-state index contributed by atoms with van der Waals surface area (Å²) in [6.45, 7) is 0.562. The Morgan fingerprint density at radius 1 is 1.26 bits per heavy atom. The Bertz CT molecular complexity index is 656. The number of amides is 1. The Morgan fingerprint density at radius 3 is 2.74 bits per heavy atom. The standard InChI is InChI=1S/C13H10Br2N2OS/c14-7-1-3-9-10(5-7)17(13(18)12(9)16)6-8-2-4-11(15)19-8/h1-5,12H,6,16H2. The molecule has 3 nitrogen and oxygen atoms in total. The van der Waals surface area contributed by atoms with E-state index in [4.69, 9.17) is 5.73 Å². The van der Waals surface area contributed by atoms with Gasteiger partial charge < -0.3 is 10.6 Å². The summed E-state index contributed by atoms with van der Waals surface area (Å²) < 4.78 is 2.01. The monoisotopic (exact) mass is 400 g/mol. The van der Waals surface area contributed by atoms with Gasteiger partial charge in [0.15, 0.2) is 0 Å². The van der Waals surface area contributed by atoms with E-state index < -0.39 is 6.04 Å². The highest BCUT2D eigenvalue weighted by molar-refractivity contribution is 9.11. The van der Waals surface area contributed by atoms with Crippen LogP contribution in [0.25, 0.3) is 0 Å². The highest BCUT2D eigenvalue weighted by atomic mass is 79.9. The molecule has 6 heteroatoms. The molecule has 1 aliphatic heterocycles. The average molecular weight is 402 g/mol. The van der Waals surface area contributed by atoms with Crippen LogP contribution in [0.5, 0.6) is 0 Å². The van der Waals surface area contributed by atoms with Gasteiger partial charge in [-0.3, -0.25) is 4.79 Å². The topological polar surface area (TPSA) is 46.3 Å². The lowest BCUT2D eigenvalue weighted by Gasteiger charge is -2.16. The Hall–Kier alpha value is -0.690. The highest BCUT2D eigenvalue weighted by Crippen LogP contribution is 2.38. The molecule has 0 fully saturated rings. The maximum absolute atomic E-state index is 12.3. The minimum Gasteiger partial charge on any atom is -0.316 e. The molecular weight excluding hydrogens is 392 g/mol. The van der Waals surface area contributed by atoms with Crippen LogP contribution in [0.1, 0.15) is 16.5 Å². The molecule has 0 saturated carbocycles. The van der Waals surface area contributed by atoms with Gasteiger partial charge in [0, 0.05) is 14.9 Å². The molecule has 3 rings (SSSR count). The van der Waals surface area contributed by atoms with Crippen LogP contribution in [-0.4, -0.2) is 5.91 Å². The SMILES string of the molecule is NC1C(=O)N(Cc2ccc(Br)s2)c2cc(Br)ccc21. The number of rotatable bonds is 2. The van der Waals surface area contributed by atoms with Crippen LogP contribution in [-0.2, 0) is 11.3 Å². The number of nitrogens with zero attached hydrogens (tertiary/aromatic N) is 1. The van der Waals surface area contributed by atoms with Crippen LogP contribution >= 0.6 is 43.2 Å². The lowest BCUT2D eigenvalue weighted by molar-refractivity contribution is -0.119. The summed E-state index contributed by atoms with van der Waals surface area (Å²) in [5.74, 6) is -0.0439. The van der Waals surface area contributed by atoms with Gasteiger partial charge in [0.2, 0.25) is 5.91 Å². The third-order valence-corrected chi connectivity index (χ3v) is 5.19. The van der Waals surface area contributed by atoms with Crippen molar-refractivity contribution in [3.8, 4) is 0 Å². The second-order valence-electron chi connectivity index (χ2n) is 4.31. The van der Waals surface area contributed by atoms with E-state index in [-0.39, 0.29) is 5.91 Å². The summed E-state index contributed by atoms with van der Waals surface area (Å²) in [7, 11) is 0. The predicted molar refractivity (Wildman–Crippen MR) is 84.3 cm³/mol. The Kier molecular flexibility index (Phi) is 3.51. The van der Waals surface area contributed by atoms with Gasteiger partial charge in [-0.2, -0.15) is 0 Å². The fourth-order valence-electron chi connectivity index (χ4n) is 2.19. The number of anilines is 1. The van der Waals surface area contributed by atoms with E-state index in [0.717, 1.165) is 24.4 Å². The van der Waals surface area contributed by atoms with E-state index >= 15 is 0 Å². The first-order valence-corrected chi connectivity index (χ1v) is 8.07. The lowest BCUT2D eigenvalue weighted by atomic mass is 10.1. The fourth-order valence-corrected chi connectivity index (χ4v) is 4.01. The summed E-state index contributed by atoms with van der Waals surface area (Å²) >= 11 is 8.50. The summed E-state index contributed by atoms with van der Waals surface area (Å²) in [5.41, 5.74) is 7.77. The molecule has 1 amide bonds. The smallest absolute Gasteiger partial charge is 0.248 e. The fraction of sp³-hybridized carbons (Fsp3) is 0.154. The van der Waals surface area contributed by atoms with Crippen molar-refractivity contribution < 1.29 is 4.79 Å². The molecule has 1 aromatic heterocycles. The van der Waals surface area contributed by atoms with Gasteiger partial charge in [-0.1, -0.05) is 22.0 Å². The van der Waals surface area contributed by atoms with Crippen LogP contribution in [0.2, 0.25) is 0 Å². The Labute approximate surface area is 131 Å². The van der Waals surface area contributed by atoms with Gasteiger partial charge >= 0.3 is 0 Å². The normalized spacial score (nSPS) is 17.9. The second-order valence-corrected chi connectivity index (χ2v) is 7.77. The van der Waals surface area contributed by atoms with Crippen molar-refractivity contribution in [3.05, 3.63) is 49.0 Å². The van der Waals surface area contributed by atoms with Gasteiger partial charge in [0.25, 0.3) is 0 Å². The van der Waals surface area contributed by atoms with Crippen molar-refractivity contribution in [2.75, 3.05) is 4.90 Å². The molecule has 0 saturated heterocycles. The molecule has 1 aliphatic rings. The van der Waals surface area contributed by atoms with Crippen LogP contribution < -0.4 is 10.6 Å². The summed E-state index contributed by atoms with van der Waals surface area (Å²) in [5, 5.41) is 0. The van der Waals surface area contributed by atoms with Crippen molar-refractivity contribution in [2.24, 2.45) is 5.73 Å². The third kappa shape index (κ3) is 2.38. The van der Waals surface area contributed by atoms with E-state index in [1.54, 1.807) is 16.2 Å². The largest absolute Gasteiger partial charge is 0.316 e. The molecule has 1 aromatic carbocycles. The van der Waals surface area contributed by atoms with Crippen molar-refractivity contribution >= 4 is 54.8 Å². The Morgan fingerprint density at radius 2 is 2.05 bits per heavy atom. The summed E-state index contributed by atoms with van der Waals surface area (Å²) in [6.07, 6.45) is 0. The molecule has 98 valence electrons. The molecule has 0 bridgehead atoms. The van der Waals surface area contributed by atoms with Crippen molar-refractivity contribution in [2.45, 2.75) is 12.6 Å². The maximum Gasteiger partial charge on any atom is 0.248 e. The summed E-state index contributed by atoms with van der Waals surface area (Å²) in [4.78, 5) is 15.1. The van der Waals surface area contributed by atoms with E-state index in [1.165, 1.54) is 0 Å². The van der Waals surface area contributed by atoms with E-state index in [1.807, 2.05) is 30.3 Å². The minimum atomic E-state index is -0.550. The molecule has 19 heavy (non-hydrogen) atoms. The quantitative estimate of drug-likeness (QED) is 0.831. The minimum absolute atomic E-state index is 0.0439. The molecule has 0 aliphatic carbocycles.